The molecule has 0 bridgehead atoms. The van der Waals surface area contributed by atoms with Gasteiger partial charge in [-0.15, -0.1) is 0 Å². The number of hydrogen-bond acceptors (Lipinski definition) is 6. The van der Waals surface area contributed by atoms with Crippen LogP contribution in [0.15, 0.2) is 34.9 Å². The molecule has 1 aromatic heterocycles. The second kappa shape index (κ2) is 10.1. The quantitative estimate of drug-likeness (QED) is 0.640. The van der Waals surface area contributed by atoms with Crippen LogP contribution in [0.2, 0.25) is 5.02 Å². The number of amides is 2. The lowest BCUT2D eigenvalue weighted by Crippen LogP contribution is -2.53. The molecule has 2 aromatic rings. The third-order valence-electron chi connectivity index (χ3n) is 6.52. The van der Waals surface area contributed by atoms with Gasteiger partial charge in [0, 0.05) is 62.2 Å². The molecule has 178 valence electrons. The minimum absolute atomic E-state index is 0.115. The number of piperidine rings is 1. The first kappa shape index (κ1) is 23.6. The van der Waals surface area contributed by atoms with Crippen molar-refractivity contribution in [1.29, 1.82) is 0 Å². The van der Waals surface area contributed by atoms with E-state index in [2.05, 4.69) is 17.1 Å². The average Bonchev–Trinajstić information content (AvgIpc) is 3.24. The number of halogens is 1. The lowest BCUT2D eigenvalue weighted by molar-refractivity contribution is -0.137. The monoisotopic (exact) mass is 474 g/mol. The van der Waals surface area contributed by atoms with Gasteiger partial charge >= 0.3 is 0 Å². The highest BCUT2D eigenvalue weighted by Gasteiger charge is 2.41. The molecule has 2 aliphatic heterocycles. The van der Waals surface area contributed by atoms with Crippen LogP contribution in [0, 0.1) is 12.3 Å². The maximum absolute atomic E-state index is 13.3. The van der Waals surface area contributed by atoms with Crippen LogP contribution in [0.5, 0.6) is 5.75 Å². The van der Waals surface area contributed by atoms with Crippen molar-refractivity contribution in [3.63, 3.8) is 0 Å². The van der Waals surface area contributed by atoms with E-state index in [1.807, 2.05) is 17.0 Å². The van der Waals surface area contributed by atoms with E-state index in [9.17, 15) is 9.59 Å². The number of benzene rings is 1. The zero-order chi connectivity index (χ0) is 23.4. The summed E-state index contributed by atoms with van der Waals surface area (Å²) in [5.41, 5.74) is -0.195. The summed E-state index contributed by atoms with van der Waals surface area (Å²) in [4.78, 5) is 32.3. The lowest BCUT2D eigenvalue weighted by atomic mass is 9.77. The summed E-state index contributed by atoms with van der Waals surface area (Å²) in [6.07, 6.45) is 1.92. The molecule has 0 spiro atoms. The van der Waals surface area contributed by atoms with Gasteiger partial charge in [-0.25, -0.2) is 0 Å². The molecule has 2 aliphatic rings. The van der Waals surface area contributed by atoms with Crippen LogP contribution in [-0.2, 0) is 4.79 Å². The van der Waals surface area contributed by atoms with Crippen LogP contribution < -0.4 is 4.74 Å². The average molecular weight is 475 g/mol. The number of carbonyl (C=O) groups is 2. The Morgan fingerprint density at radius 3 is 2.64 bits per heavy atom. The van der Waals surface area contributed by atoms with Crippen LogP contribution in [-0.4, -0.2) is 84.6 Å². The van der Waals surface area contributed by atoms with Gasteiger partial charge in [0.15, 0.2) is 5.69 Å². The number of nitrogens with zero attached hydrogens (tertiary/aromatic N) is 4. The Morgan fingerprint density at radius 2 is 1.94 bits per heavy atom. The minimum Gasteiger partial charge on any atom is -0.493 e. The van der Waals surface area contributed by atoms with Crippen molar-refractivity contribution in [1.82, 2.24) is 19.9 Å². The van der Waals surface area contributed by atoms with Gasteiger partial charge in [-0.2, -0.15) is 0 Å². The fourth-order valence-electron chi connectivity index (χ4n) is 4.61. The van der Waals surface area contributed by atoms with E-state index < -0.39 is 5.41 Å². The molecule has 33 heavy (non-hydrogen) atoms. The molecule has 3 heterocycles. The molecule has 0 N–H and O–H groups in total. The van der Waals surface area contributed by atoms with Crippen LogP contribution in [0.1, 0.15) is 35.5 Å². The molecular weight excluding hydrogens is 444 g/mol. The molecule has 1 atom stereocenters. The first-order valence-corrected chi connectivity index (χ1v) is 11.8. The molecule has 0 radical (unpaired) electrons. The first-order valence-electron chi connectivity index (χ1n) is 11.4. The zero-order valence-corrected chi connectivity index (χ0v) is 20.0. The predicted molar refractivity (Wildman–Crippen MR) is 124 cm³/mol. The molecule has 9 heteroatoms. The minimum atomic E-state index is -0.491. The first-order chi connectivity index (χ1) is 15.8. The van der Waals surface area contributed by atoms with Gasteiger partial charge in [0.25, 0.3) is 5.91 Å². The van der Waals surface area contributed by atoms with E-state index in [0.29, 0.717) is 48.3 Å². The summed E-state index contributed by atoms with van der Waals surface area (Å²) in [5.74, 6) is 1.19. The van der Waals surface area contributed by atoms with Gasteiger partial charge in [-0.3, -0.25) is 9.59 Å². The van der Waals surface area contributed by atoms with Crippen LogP contribution >= 0.6 is 11.6 Å². The Bertz CT molecular complexity index is 988. The normalized spacial score (nSPS) is 21.8. The summed E-state index contributed by atoms with van der Waals surface area (Å²) in [6.45, 7) is 6.32. The highest BCUT2D eigenvalue weighted by molar-refractivity contribution is 6.30. The standard InChI is InChI=1S/C24H31ClN4O4/c1-18-13-21(26-33-18)23(31)29-8-4-7-24(16-29,17-32-20-6-3-5-19(25)14-20)15-22(30)28-11-9-27(2)10-12-28/h3,5-6,13-14H,4,7-12,15-17H2,1-2H3. The largest absolute Gasteiger partial charge is 0.493 e. The van der Waals surface area contributed by atoms with E-state index in [0.717, 1.165) is 39.0 Å². The predicted octanol–water partition coefficient (Wildman–Crippen LogP) is 3.10. The third-order valence-corrected chi connectivity index (χ3v) is 6.75. The van der Waals surface area contributed by atoms with Crippen molar-refractivity contribution in [3.8, 4) is 5.75 Å². The molecule has 1 aromatic carbocycles. The van der Waals surface area contributed by atoms with Crippen molar-refractivity contribution in [2.75, 3.05) is 52.9 Å². The van der Waals surface area contributed by atoms with E-state index >= 15 is 0 Å². The van der Waals surface area contributed by atoms with Crippen molar-refractivity contribution in [2.45, 2.75) is 26.2 Å². The van der Waals surface area contributed by atoms with E-state index in [1.54, 1.807) is 30.0 Å². The van der Waals surface area contributed by atoms with E-state index in [-0.39, 0.29) is 11.8 Å². The van der Waals surface area contributed by atoms with E-state index in [1.165, 1.54) is 0 Å². The Hall–Kier alpha value is -2.58. The van der Waals surface area contributed by atoms with Gasteiger partial charge in [-0.05, 0) is 45.0 Å². The second-order valence-corrected chi connectivity index (χ2v) is 9.70. The van der Waals surface area contributed by atoms with Crippen LogP contribution in [0.25, 0.3) is 0 Å². The number of piperazine rings is 1. The SMILES string of the molecule is Cc1cc(C(=O)N2CCCC(COc3cccc(Cl)c3)(CC(=O)N3CCN(C)CC3)C2)no1. The molecule has 2 fully saturated rings. The zero-order valence-electron chi connectivity index (χ0n) is 19.3. The molecule has 4 rings (SSSR count). The molecule has 2 amide bonds. The van der Waals surface area contributed by atoms with Crippen molar-refractivity contribution in [2.24, 2.45) is 5.41 Å². The molecule has 8 nitrogen and oxygen atoms in total. The third kappa shape index (κ3) is 5.86. The Labute approximate surface area is 199 Å². The van der Waals surface area contributed by atoms with Crippen molar-refractivity contribution < 1.29 is 18.8 Å². The topological polar surface area (TPSA) is 79.1 Å². The number of hydrogen-bond donors (Lipinski definition) is 0. The van der Waals surface area contributed by atoms with Crippen molar-refractivity contribution >= 4 is 23.4 Å². The van der Waals surface area contributed by atoms with Gasteiger partial charge in [0.05, 0.1) is 6.61 Å². The summed E-state index contributed by atoms with van der Waals surface area (Å²) in [6, 6.07) is 8.90. The Kier molecular flexibility index (Phi) is 7.24. The van der Waals surface area contributed by atoms with Gasteiger partial charge in [-0.1, -0.05) is 22.8 Å². The maximum atomic E-state index is 13.3. The molecule has 1 unspecified atom stereocenters. The number of ether oxygens (including phenoxy) is 1. The highest BCUT2D eigenvalue weighted by Crippen LogP contribution is 2.36. The maximum Gasteiger partial charge on any atom is 0.276 e. The number of likely N-dealkylation sites (tertiary alicyclic amines) is 1. The van der Waals surface area contributed by atoms with Gasteiger partial charge in [0.1, 0.15) is 11.5 Å². The Balaban J connectivity index is 1.52. The summed E-state index contributed by atoms with van der Waals surface area (Å²) >= 11 is 6.12. The van der Waals surface area contributed by atoms with E-state index in [4.69, 9.17) is 20.9 Å². The smallest absolute Gasteiger partial charge is 0.276 e. The summed E-state index contributed by atoms with van der Waals surface area (Å²) in [7, 11) is 2.07. The number of aryl methyl sites for hydroxylation is 1. The van der Waals surface area contributed by atoms with Gasteiger partial charge < -0.3 is 24.0 Å². The number of likely N-dealkylation sites (N-methyl/N-ethyl adjacent to an activating group) is 1. The second-order valence-electron chi connectivity index (χ2n) is 9.26. The number of aromatic nitrogens is 1. The molecular formula is C24H31ClN4O4. The number of carbonyl (C=O) groups excluding carboxylic acids is 2. The van der Waals surface area contributed by atoms with Crippen LogP contribution in [0.4, 0.5) is 0 Å². The molecule has 0 aliphatic carbocycles. The summed E-state index contributed by atoms with van der Waals surface area (Å²) < 4.78 is 11.2. The lowest BCUT2D eigenvalue weighted by Gasteiger charge is -2.43. The fraction of sp³-hybridized carbons (Fsp3) is 0.542. The number of rotatable bonds is 6. The van der Waals surface area contributed by atoms with Gasteiger partial charge in [0.2, 0.25) is 5.91 Å². The molecule has 0 saturated carbocycles. The van der Waals surface area contributed by atoms with Crippen molar-refractivity contribution in [3.05, 3.63) is 46.8 Å². The fourth-order valence-corrected chi connectivity index (χ4v) is 4.79. The highest BCUT2D eigenvalue weighted by atomic mass is 35.5. The molecule has 2 saturated heterocycles. The Morgan fingerprint density at radius 1 is 1.15 bits per heavy atom. The van der Waals surface area contributed by atoms with Crippen LogP contribution in [0.3, 0.4) is 0 Å². The summed E-state index contributed by atoms with van der Waals surface area (Å²) in [5, 5.41) is 4.49.